The smallest absolute Gasteiger partial charge is 0.121 e. The molecule has 112 valence electrons. The van der Waals surface area contributed by atoms with Gasteiger partial charge in [0.15, 0.2) is 0 Å². The van der Waals surface area contributed by atoms with E-state index in [2.05, 4.69) is 33.0 Å². The van der Waals surface area contributed by atoms with E-state index in [1.54, 1.807) is 7.11 Å². The lowest BCUT2D eigenvalue weighted by molar-refractivity contribution is 0.105. The molecule has 1 aromatic carbocycles. The number of methoxy groups -OCH3 is 1. The van der Waals surface area contributed by atoms with Gasteiger partial charge in [0, 0.05) is 12.1 Å². The number of benzene rings is 1. The number of hydrogen-bond donors (Lipinski definition) is 2. The summed E-state index contributed by atoms with van der Waals surface area (Å²) in [5, 5.41) is 3.63. The van der Waals surface area contributed by atoms with E-state index in [-0.39, 0.29) is 0 Å². The molecule has 0 heterocycles. The van der Waals surface area contributed by atoms with Crippen LogP contribution in [0.1, 0.15) is 47.0 Å². The standard InChI is InChI=1S/C17H28N2O/c1-16(2)9-12(10-17(3,4)11-16)19-15-8-13(20-5)6-7-14(15)18/h6-8,12,19H,9-11,18H2,1-5H3. The molecule has 0 radical (unpaired) electrons. The van der Waals surface area contributed by atoms with Crippen molar-refractivity contribution in [2.75, 3.05) is 18.2 Å². The van der Waals surface area contributed by atoms with Crippen molar-refractivity contribution in [3.05, 3.63) is 18.2 Å². The Balaban J connectivity index is 2.17. The Labute approximate surface area is 122 Å². The van der Waals surface area contributed by atoms with Gasteiger partial charge in [0.25, 0.3) is 0 Å². The van der Waals surface area contributed by atoms with E-state index < -0.39 is 0 Å². The SMILES string of the molecule is COc1ccc(N)c(NC2CC(C)(C)CC(C)(C)C2)c1. The first-order valence-electron chi connectivity index (χ1n) is 7.41. The summed E-state index contributed by atoms with van der Waals surface area (Å²) in [6.07, 6.45) is 3.62. The number of nitrogens with two attached hydrogens (primary N) is 1. The van der Waals surface area contributed by atoms with Gasteiger partial charge < -0.3 is 15.8 Å². The van der Waals surface area contributed by atoms with Crippen molar-refractivity contribution in [1.82, 2.24) is 0 Å². The molecule has 0 aromatic heterocycles. The topological polar surface area (TPSA) is 47.3 Å². The zero-order valence-corrected chi connectivity index (χ0v) is 13.4. The van der Waals surface area contributed by atoms with Crippen LogP contribution in [0.5, 0.6) is 5.75 Å². The van der Waals surface area contributed by atoms with Crippen molar-refractivity contribution in [3.8, 4) is 5.75 Å². The highest BCUT2D eigenvalue weighted by molar-refractivity contribution is 5.68. The van der Waals surface area contributed by atoms with Gasteiger partial charge in [0.2, 0.25) is 0 Å². The van der Waals surface area contributed by atoms with Crippen LogP contribution in [-0.4, -0.2) is 13.2 Å². The summed E-state index contributed by atoms with van der Waals surface area (Å²) >= 11 is 0. The molecular formula is C17H28N2O. The average Bonchev–Trinajstić information content (AvgIpc) is 2.28. The van der Waals surface area contributed by atoms with Crippen molar-refractivity contribution < 1.29 is 4.74 Å². The molecule has 0 spiro atoms. The normalized spacial score (nSPS) is 21.4. The first-order valence-corrected chi connectivity index (χ1v) is 7.41. The van der Waals surface area contributed by atoms with E-state index >= 15 is 0 Å². The Morgan fingerprint density at radius 1 is 1.15 bits per heavy atom. The van der Waals surface area contributed by atoms with E-state index in [1.807, 2.05) is 18.2 Å². The van der Waals surface area contributed by atoms with E-state index in [9.17, 15) is 0 Å². The molecule has 1 fully saturated rings. The van der Waals surface area contributed by atoms with Crippen LogP contribution in [0.15, 0.2) is 18.2 Å². The Morgan fingerprint density at radius 2 is 1.75 bits per heavy atom. The first-order chi connectivity index (χ1) is 9.21. The molecule has 1 aromatic rings. The van der Waals surface area contributed by atoms with Gasteiger partial charge in [-0.15, -0.1) is 0 Å². The predicted molar refractivity (Wildman–Crippen MR) is 86.2 cm³/mol. The molecular weight excluding hydrogens is 248 g/mol. The van der Waals surface area contributed by atoms with Gasteiger partial charge in [0.05, 0.1) is 18.5 Å². The minimum Gasteiger partial charge on any atom is -0.497 e. The van der Waals surface area contributed by atoms with Crippen LogP contribution in [0, 0.1) is 10.8 Å². The van der Waals surface area contributed by atoms with Gasteiger partial charge in [-0.25, -0.2) is 0 Å². The molecule has 0 unspecified atom stereocenters. The molecule has 0 aliphatic heterocycles. The summed E-state index contributed by atoms with van der Waals surface area (Å²) in [7, 11) is 1.68. The van der Waals surface area contributed by atoms with Crippen LogP contribution < -0.4 is 15.8 Å². The van der Waals surface area contributed by atoms with Crippen LogP contribution in [0.2, 0.25) is 0 Å². The molecule has 0 saturated heterocycles. The molecule has 1 aliphatic carbocycles. The number of nitrogens with one attached hydrogen (secondary N) is 1. The predicted octanol–water partition coefficient (Wildman–Crippen LogP) is 4.29. The second-order valence-electron chi connectivity index (χ2n) is 7.71. The second-order valence-corrected chi connectivity index (χ2v) is 7.71. The zero-order chi connectivity index (χ0) is 15.0. The van der Waals surface area contributed by atoms with Gasteiger partial charge >= 0.3 is 0 Å². The molecule has 3 nitrogen and oxygen atoms in total. The molecule has 0 atom stereocenters. The van der Waals surface area contributed by atoms with Crippen LogP contribution in [0.4, 0.5) is 11.4 Å². The van der Waals surface area contributed by atoms with Crippen LogP contribution in [0.25, 0.3) is 0 Å². The van der Waals surface area contributed by atoms with Crippen LogP contribution in [0.3, 0.4) is 0 Å². The Morgan fingerprint density at radius 3 is 2.30 bits per heavy atom. The van der Waals surface area contributed by atoms with E-state index in [4.69, 9.17) is 10.5 Å². The fourth-order valence-corrected chi connectivity index (χ4v) is 3.96. The lowest BCUT2D eigenvalue weighted by Crippen LogP contribution is -2.40. The third kappa shape index (κ3) is 3.59. The summed E-state index contributed by atoms with van der Waals surface area (Å²) in [6, 6.07) is 6.25. The van der Waals surface area contributed by atoms with Gasteiger partial charge in [-0.3, -0.25) is 0 Å². The van der Waals surface area contributed by atoms with Gasteiger partial charge in [-0.1, -0.05) is 27.7 Å². The third-order valence-electron chi connectivity index (χ3n) is 4.18. The zero-order valence-electron chi connectivity index (χ0n) is 13.4. The van der Waals surface area contributed by atoms with Gasteiger partial charge in [-0.05, 0) is 42.2 Å². The van der Waals surface area contributed by atoms with Gasteiger partial charge in [0.1, 0.15) is 5.75 Å². The molecule has 1 saturated carbocycles. The second kappa shape index (κ2) is 5.19. The number of ether oxygens (including phenoxy) is 1. The average molecular weight is 276 g/mol. The quantitative estimate of drug-likeness (QED) is 0.809. The molecule has 1 aliphatic rings. The summed E-state index contributed by atoms with van der Waals surface area (Å²) < 4.78 is 5.29. The molecule has 2 rings (SSSR count). The fourth-order valence-electron chi connectivity index (χ4n) is 3.96. The summed E-state index contributed by atoms with van der Waals surface area (Å²) in [5.41, 5.74) is 8.59. The van der Waals surface area contributed by atoms with E-state index in [1.165, 1.54) is 19.3 Å². The summed E-state index contributed by atoms with van der Waals surface area (Å²) in [6.45, 7) is 9.43. The van der Waals surface area contributed by atoms with Crippen molar-refractivity contribution in [2.45, 2.75) is 53.0 Å². The maximum atomic E-state index is 6.08. The largest absolute Gasteiger partial charge is 0.497 e. The summed E-state index contributed by atoms with van der Waals surface area (Å²) in [5.74, 6) is 0.844. The number of hydrogen-bond acceptors (Lipinski definition) is 3. The lowest BCUT2D eigenvalue weighted by Gasteiger charge is -2.45. The minimum atomic E-state index is 0.368. The highest BCUT2D eigenvalue weighted by atomic mass is 16.5. The Bertz CT molecular complexity index is 464. The molecule has 3 heteroatoms. The minimum absolute atomic E-state index is 0.368. The van der Waals surface area contributed by atoms with E-state index in [0.717, 1.165) is 17.1 Å². The first kappa shape index (κ1) is 15.0. The number of anilines is 2. The lowest BCUT2D eigenvalue weighted by atomic mass is 9.63. The van der Waals surface area contributed by atoms with Crippen LogP contribution in [-0.2, 0) is 0 Å². The maximum Gasteiger partial charge on any atom is 0.121 e. The van der Waals surface area contributed by atoms with Crippen molar-refractivity contribution in [1.29, 1.82) is 0 Å². The molecule has 3 N–H and O–H groups in total. The highest BCUT2D eigenvalue weighted by Gasteiger charge is 2.38. The van der Waals surface area contributed by atoms with Crippen LogP contribution >= 0.6 is 0 Å². The van der Waals surface area contributed by atoms with E-state index in [0.29, 0.717) is 16.9 Å². The fraction of sp³-hybridized carbons (Fsp3) is 0.647. The molecule has 20 heavy (non-hydrogen) atoms. The van der Waals surface area contributed by atoms with Crippen molar-refractivity contribution in [2.24, 2.45) is 10.8 Å². The van der Waals surface area contributed by atoms with Gasteiger partial charge in [-0.2, -0.15) is 0 Å². The molecule has 0 bridgehead atoms. The monoisotopic (exact) mass is 276 g/mol. The van der Waals surface area contributed by atoms with Crippen molar-refractivity contribution >= 4 is 11.4 Å². The highest BCUT2D eigenvalue weighted by Crippen LogP contribution is 2.46. The van der Waals surface area contributed by atoms with Crippen molar-refractivity contribution in [3.63, 3.8) is 0 Å². The number of nitrogen functional groups attached to an aromatic ring is 1. The Kier molecular flexibility index (Phi) is 3.90. The summed E-state index contributed by atoms with van der Waals surface area (Å²) in [4.78, 5) is 0. The number of rotatable bonds is 3. The third-order valence-corrected chi connectivity index (χ3v) is 4.18. The maximum absolute atomic E-state index is 6.08. The molecule has 0 amide bonds. The Hall–Kier alpha value is -1.38.